The summed E-state index contributed by atoms with van der Waals surface area (Å²) in [6, 6.07) is 19.6. The first-order chi connectivity index (χ1) is 18.5. The summed E-state index contributed by atoms with van der Waals surface area (Å²) in [7, 11) is 0. The van der Waals surface area contributed by atoms with Crippen LogP contribution in [0.4, 0.5) is 0 Å². The Balaban J connectivity index is 1.15. The van der Waals surface area contributed by atoms with Crippen molar-refractivity contribution in [2.24, 2.45) is 5.92 Å². The lowest BCUT2D eigenvalue weighted by atomic mass is 9.80. The Kier molecular flexibility index (Phi) is 6.50. The number of likely N-dealkylation sites (tertiary alicyclic amines) is 1. The molecule has 2 aliphatic heterocycles. The van der Waals surface area contributed by atoms with E-state index in [-0.39, 0.29) is 35.4 Å². The maximum atomic E-state index is 13.6. The van der Waals surface area contributed by atoms with E-state index < -0.39 is 5.60 Å². The molecular formula is C28H31N7O3. The highest BCUT2D eigenvalue weighted by molar-refractivity contribution is 5.80. The Morgan fingerprint density at radius 3 is 2.50 bits per heavy atom. The fourth-order valence-electron chi connectivity index (χ4n) is 5.76. The van der Waals surface area contributed by atoms with Gasteiger partial charge in [-0.2, -0.15) is 4.68 Å². The molecule has 2 aromatic heterocycles. The molecule has 1 amide bonds. The van der Waals surface area contributed by atoms with E-state index in [2.05, 4.69) is 32.7 Å². The molecule has 10 nitrogen and oxygen atoms in total. The third-order valence-electron chi connectivity index (χ3n) is 7.93. The number of hydrogen-bond donors (Lipinski definition) is 2. The van der Waals surface area contributed by atoms with E-state index in [9.17, 15) is 14.7 Å². The molecule has 0 spiro atoms. The second-order valence-electron chi connectivity index (χ2n) is 10.4. The Morgan fingerprint density at radius 2 is 1.76 bits per heavy atom. The van der Waals surface area contributed by atoms with E-state index >= 15 is 0 Å². The van der Waals surface area contributed by atoms with E-state index in [1.165, 1.54) is 21.1 Å². The molecule has 0 bridgehead atoms. The summed E-state index contributed by atoms with van der Waals surface area (Å²) < 4.78 is 2.94. The molecule has 38 heavy (non-hydrogen) atoms. The second-order valence-corrected chi connectivity index (χ2v) is 10.4. The van der Waals surface area contributed by atoms with Crippen molar-refractivity contribution in [3.05, 3.63) is 82.9 Å². The third kappa shape index (κ3) is 4.61. The fraction of sp³-hybridized carbons (Fsp3) is 0.393. The lowest BCUT2D eigenvalue weighted by Gasteiger charge is -2.41. The van der Waals surface area contributed by atoms with Crippen LogP contribution in [0.5, 0.6) is 0 Å². The highest BCUT2D eigenvalue weighted by Gasteiger charge is 2.39. The highest BCUT2D eigenvalue weighted by atomic mass is 16.3. The van der Waals surface area contributed by atoms with Crippen LogP contribution in [0.1, 0.15) is 30.7 Å². The van der Waals surface area contributed by atoms with Crippen molar-refractivity contribution in [3.63, 3.8) is 0 Å². The molecule has 0 unspecified atom stereocenters. The summed E-state index contributed by atoms with van der Waals surface area (Å²) in [6.45, 7) is 2.61. The van der Waals surface area contributed by atoms with Gasteiger partial charge in [0.2, 0.25) is 5.91 Å². The standard InChI is InChI=1S/C28H31N7O3/c36-26(22-11-14-29-17-23(22)20-7-3-1-4-8-20)33-15-12-28(38,13-16-33)18-34-19-30-25-24(27(34)37)31-32-35(25)21-9-5-2-6-10-21/h1-10,19,22-23,29,38H,11-18H2/t22-,23+/m1/s1. The maximum absolute atomic E-state index is 13.6. The maximum Gasteiger partial charge on any atom is 0.283 e. The number of hydrogen-bond acceptors (Lipinski definition) is 7. The molecule has 4 aromatic rings. The average molecular weight is 514 g/mol. The number of benzene rings is 2. The Morgan fingerprint density at radius 1 is 1.05 bits per heavy atom. The minimum atomic E-state index is -1.11. The fourth-order valence-corrected chi connectivity index (χ4v) is 5.76. The molecule has 6 rings (SSSR count). The van der Waals surface area contributed by atoms with Gasteiger partial charge >= 0.3 is 0 Å². The largest absolute Gasteiger partial charge is 0.388 e. The van der Waals surface area contributed by atoms with Crippen molar-refractivity contribution < 1.29 is 9.90 Å². The highest BCUT2D eigenvalue weighted by Crippen LogP contribution is 2.33. The van der Waals surface area contributed by atoms with Crippen molar-refractivity contribution in [1.82, 2.24) is 34.8 Å². The SMILES string of the molecule is O=C([C@@H]1CCNC[C@H]1c1ccccc1)N1CCC(O)(Cn2cnc3c(nnn3-c3ccccc3)c2=O)CC1. The van der Waals surface area contributed by atoms with Gasteiger partial charge in [0.15, 0.2) is 11.2 Å². The zero-order valence-corrected chi connectivity index (χ0v) is 21.1. The van der Waals surface area contributed by atoms with Gasteiger partial charge in [-0.25, -0.2) is 4.98 Å². The number of nitrogens with one attached hydrogen (secondary N) is 1. The van der Waals surface area contributed by atoms with E-state index in [4.69, 9.17) is 0 Å². The van der Waals surface area contributed by atoms with Crippen molar-refractivity contribution in [1.29, 1.82) is 0 Å². The number of aliphatic hydroxyl groups is 1. The van der Waals surface area contributed by atoms with Crippen molar-refractivity contribution in [3.8, 4) is 5.69 Å². The molecule has 2 N–H and O–H groups in total. The number of amides is 1. The molecule has 2 fully saturated rings. The molecule has 2 aliphatic rings. The lowest BCUT2D eigenvalue weighted by molar-refractivity contribution is -0.141. The van der Waals surface area contributed by atoms with Gasteiger partial charge in [-0.3, -0.25) is 14.2 Å². The number of aromatic nitrogens is 5. The molecule has 0 saturated carbocycles. The normalized spacial score (nSPS) is 21.4. The third-order valence-corrected chi connectivity index (χ3v) is 7.93. The van der Waals surface area contributed by atoms with Crippen LogP contribution < -0.4 is 10.9 Å². The topological polar surface area (TPSA) is 118 Å². The molecular weight excluding hydrogens is 482 g/mol. The predicted molar refractivity (Wildman–Crippen MR) is 142 cm³/mol. The van der Waals surface area contributed by atoms with Crippen molar-refractivity contribution >= 4 is 17.1 Å². The molecule has 0 aliphatic carbocycles. The van der Waals surface area contributed by atoms with E-state index in [0.717, 1.165) is 25.2 Å². The first kappa shape index (κ1) is 24.4. The Labute approximate surface area is 219 Å². The van der Waals surface area contributed by atoms with Crippen LogP contribution >= 0.6 is 0 Å². The summed E-state index contributed by atoms with van der Waals surface area (Å²) in [6.07, 6.45) is 3.02. The van der Waals surface area contributed by atoms with Crippen LogP contribution in [0, 0.1) is 5.92 Å². The summed E-state index contributed by atoms with van der Waals surface area (Å²) in [4.78, 5) is 33.0. The number of carbonyl (C=O) groups excluding carboxylic acids is 1. The van der Waals surface area contributed by atoms with Gasteiger partial charge in [0, 0.05) is 31.5 Å². The molecule has 2 saturated heterocycles. The van der Waals surface area contributed by atoms with Crippen molar-refractivity contribution in [2.75, 3.05) is 26.2 Å². The van der Waals surface area contributed by atoms with Crippen LogP contribution in [0.15, 0.2) is 71.8 Å². The van der Waals surface area contributed by atoms with Crippen LogP contribution in [0.25, 0.3) is 16.9 Å². The van der Waals surface area contributed by atoms with Crippen LogP contribution in [-0.4, -0.2) is 72.2 Å². The quantitative estimate of drug-likeness (QED) is 0.417. The van der Waals surface area contributed by atoms with E-state index in [1.807, 2.05) is 53.4 Å². The first-order valence-corrected chi connectivity index (χ1v) is 13.2. The average Bonchev–Trinajstić information content (AvgIpc) is 3.40. The van der Waals surface area contributed by atoms with Gasteiger partial charge in [0.1, 0.15) is 6.33 Å². The number of nitrogens with zero attached hydrogens (tertiary/aromatic N) is 6. The summed E-state index contributed by atoms with van der Waals surface area (Å²) in [5.74, 6) is 0.213. The summed E-state index contributed by atoms with van der Waals surface area (Å²) in [5, 5.41) is 23.0. The zero-order valence-electron chi connectivity index (χ0n) is 21.1. The van der Waals surface area contributed by atoms with Gasteiger partial charge in [-0.15, -0.1) is 5.10 Å². The molecule has 10 heteroatoms. The Bertz CT molecular complexity index is 1480. The summed E-state index contributed by atoms with van der Waals surface area (Å²) >= 11 is 0. The number of carbonyl (C=O) groups is 1. The van der Waals surface area contributed by atoms with E-state index in [0.29, 0.717) is 31.6 Å². The molecule has 0 radical (unpaired) electrons. The first-order valence-electron chi connectivity index (χ1n) is 13.2. The van der Waals surface area contributed by atoms with Gasteiger partial charge in [-0.1, -0.05) is 53.7 Å². The molecule has 2 atom stereocenters. The minimum absolute atomic E-state index is 0.0775. The molecule has 4 heterocycles. The monoisotopic (exact) mass is 513 g/mol. The number of rotatable bonds is 5. The van der Waals surface area contributed by atoms with E-state index in [1.54, 1.807) is 0 Å². The minimum Gasteiger partial charge on any atom is -0.388 e. The zero-order chi connectivity index (χ0) is 26.1. The van der Waals surface area contributed by atoms with Crippen LogP contribution in [-0.2, 0) is 11.3 Å². The number of piperidine rings is 2. The van der Waals surface area contributed by atoms with Gasteiger partial charge < -0.3 is 15.3 Å². The predicted octanol–water partition coefficient (Wildman–Crippen LogP) is 1.72. The molecule has 196 valence electrons. The Hall–Kier alpha value is -3.89. The number of para-hydroxylation sites is 1. The van der Waals surface area contributed by atoms with Crippen LogP contribution in [0.2, 0.25) is 0 Å². The van der Waals surface area contributed by atoms with Gasteiger partial charge in [0.25, 0.3) is 5.56 Å². The van der Waals surface area contributed by atoms with Gasteiger partial charge in [0.05, 0.1) is 17.8 Å². The van der Waals surface area contributed by atoms with Crippen LogP contribution in [0.3, 0.4) is 0 Å². The second kappa shape index (κ2) is 10.1. The molecule has 2 aromatic carbocycles. The van der Waals surface area contributed by atoms with Gasteiger partial charge in [-0.05, 0) is 43.5 Å². The number of fused-ring (bicyclic) bond motifs is 1. The lowest BCUT2D eigenvalue weighted by Crippen LogP contribution is -2.52. The van der Waals surface area contributed by atoms with Crippen molar-refractivity contribution in [2.45, 2.75) is 37.3 Å². The summed E-state index contributed by atoms with van der Waals surface area (Å²) in [5.41, 5.74) is 1.02. The smallest absolute Gasteiger partial charge is 0.283 e.